The van der Waals surface area contributed by atoms with E-state index in [1.807, 2.05) is 30.3 Å². The zero-order valence-electron chi connectivity index (χ0n) is 18.8. The highest BCUT2D eigenvalue weighted by atomic mass is 16.6. The average molecular weight is 485 g/mol. The minimum atomic E-state index is -0.485. The van der Waals surface area contributed by atoms with Crippen LogP contribution in [-0.4, -0.2) is 41.9 Å². The highest BCUT2D eigenvalue weighted by molar-refractivity contribution is 5.93. The smallest absolute Gasteiger partial charge is 0.273 e. The van der Waals surface area contributed by atoms with Gasteiger partial charge >= 0.3 is 0 Å². The van der Waals surface area contributed by atoms with E-state index in [2.05, 4.69) is 20.6 Å². The summed E-state index contributed by atoms with van der Waals surface area (Å²) in [5, 5.41) is 22.1. The summed E-state index contributed by atoms with van der Waals surface area (Å²) in [5.74, 6) is 0.0917. The van der Waals surface area contributed by atoms with Crippen LogP contribution >= 0.6 is 0 Å². The summed E-state index contributed by atoms with van der Waals surface area (Å²) < 4.78 is 8.14. The van der Waals surface area contributed by atoms with Crippen LogP contribution < -0.4 is 10.9 Å². The van der Waals surface area contributed by atoms with E-state index in [4.69, 9.17) is 4.52 Å². The minimum Gasteiger partial charge on any atom is -0.355 e. The predicted octanol–water partition coefficient (Wildman–Crippen LogP) is 2.63. The van der Waals surface area contributed by atoms with Crippen LogP contribution in [0.2, 0.25) is 0 Å². The van der Waals surface area contributed by atoms with Gasteiger partial charge in [-0.1, -0.05) is 47.6 Å². The summed E-state index contributed by atoms with van der Waals surface area (Å²) in [6, 6.07) is 17.0. The van der Waals surface area contributed by atoms with Crippen molar-refractivity contribution in [2.24, 2.45) is 0 Å². The molecule has 0 aliphatic heterocycles. The summed E-state index contributed by atoms with van der Waals surface area (Å²) >= 11 is 0. The van der Waals surface area contributed by atoms with Crippen LogP contribution in [0.4, 0.5) is 5.69 Å². The summed E-state index contributed by atoms with van der Waals surface area (Å²) in [6.07, 6.45) is 2.79. The molecule has 0 atom stereocenters. The molecule has 2 aromatic carbocycles. The molecule has 0 saturated heterocycles. The number of hydrogen-bond acceptors (Lipinski definition) is 8. The molecule has 5 rings (SSSR count). The molecule has 0 radical (unpaired) electrons. The zero-order chi connectivity index (χ0) is 25.1. The van der Waals surface area contributed by atoms with E-state index in [0.29, 0.717) is 22.4 Å². The molecule has 1 N–H and O–H groups in total. The fourth-order valence-electron chi connectivity index (χ4n) is 3.73. The van der Waals surface area contributed by atoms with E-state index in [0.717, 1.165) is 5.56 Å². The van der Waals surface area contributed by atoms with Gasteiger partial charge in [-0.25, -0.2) is 9.67 Å². The van der Waals surface area contributed by atoms with Crippen LogP contribution in [0.25, 0.3) is 22.4 Å². The average Bonchev–Trinajstić information content (AvgIpc) is 3.55. The van der Waals surface area contributed by atoms with Gasteiger partial charge in [0.25, 0.3) is 17.2 Å². The number of carbonyl (C=O) groups is 1. The molecule has 5 aromatic rings. The van der Waals surface area contributed by atoms with Crippen LogP contribution in [0.5, 0.6) is 0 Å². The number of carbonyl (C=O) groups excluding carboxylic acids is 1. The standard InChI is InChI=1S/C24H19N7O5/c32-23(20-12-21(36-28-20)17-6-2-1-3-7-17)25-9-10-30-22-19(13-27-30)24(33)29(15-26-22)14-16-5-4-8-18(11-16)31(34)35/h1-8,11-13,15H,9-10,14H2,(H,25,32). The van der Waals surface area contributed by atoms with Crippen LogP contribution in [0, 0.1) is 10.1 Å². The van der Waals surface area contributed by atoms with Gasteiger partial charge in [0.2, 0.25) is 0 Å². The van der Waals surface area contributed by atoms with Gasteiger partial charge in [0.15, 0.2) is 17.1 Å². The molecule has 36 heavy (non-hydrogen) atoms. The molecule has 0 aliphatic rings. The number of aromatic nitrogens is 5. The second kappa shape index (κ2) is 9.62. The third-order valence-corrected chi connectivity index (χ3v) is 5.51. The van der Waals surface area contributed by atoms with E-state index in [1.165, 1.54) is 33.9 Å². The van der Waals surface area contributed by atoms with Gasteiger partial charge in [-0.15, -0.1) is 0 Å². The third kappa shape index (κ3) is 4.59. The van der Waals surface area contributed by atoms with Crippen molar-refractivity contribution in [3.8, 4) is 11.3 Å². The van der Waals surface area contributed by atoms with E-state index < -0.39 is 10.8 Å². The first kappa shape index (κ1) is 22.7. The fourth-order valence-corrected chi connectivity index (χ4v) is 3.73. The van der Waals surface area contributed by atoms with Gasteiger partial charge in [-0.05, 0) is 5.56 Å². The lowest BCUT2D eigenvalue weighted by Crippen LogP contribution is -2.28. The molecular formula is C24H19N7O5. The van der Waals surface area contributed by atoms with E-state index in [1.54, 1.807) is 18.2 Å². The Hall–Kier alpha value is -5.13. The van der Waals surface area contributed by atoms with Gasteiger partial charge in [0.05, 0.1) is 24.2 Å². The molecule has 0 unspecified atom stereocenters. The maximum absolute atomic E-state index is 12.9. The number of nitro groups is 1. The molecule has 12 nitrogen and oxygen atoms in total. The molecule has 1 amide bonds. The Labute approximate surface area is 202 Å². The number of rotatable bonds is 8. The summed E-state index contributed by atoms with van der Waals surface area (Å²) in [7, 11) is 0. The first-order valence-electron chi connectivity index (χ1n) is 10.9. The van der Waals surface area contributed by atoms with Gasteiger partial charge in [-0.3, -0.25) is 24.3 Å². The Balaban J connectivity index is 1.24. The molecule has 180 valence electrons. The quantitative estimate of drug-likeness (QED) is 0.260. The SMILES string of the molecule is O=C(NCCn1ncc2c(=O)n(Cc3cccc([N+](=O)[O-])c3)cnc21)c1cc(-c2ccccc2)on1. The molecule has 12 heteroatoms. The Kier molecular flexibility index (Phi) is 6.05. The number of amides is 1. The predicted molar refractivity (Wildman–Crippen MR) is 128 cm³/mol. The van der Waals surface area contributed by atoms with Crippen molar-refractivity contribution < 1.29 is 14.2 Å². The molecule has 0 aliphatic carbocycles. The van der Waals surface area contributed by atoms with Crippen molar-refractivity contribution in [2.75, 3.05) is 6.54 Å². The third-order valence-electron chi connectivity index (χ3n) is 5.51. The fraction of sp³-hybridized carbons (Fsp3) is 0.125. The van der Waals surface area contributed by atoms with Crippen LogP contribution in [-0.2, 0) is 13.1 Å². The summed E-state index contributed by atoms with van der Waals surface area (Å²) in [6.45, 7) is 0.634. The molecule has 0 bridgehead atoms. The Morgan fingerprint density at radius 2 is 1.94 bits per heavy atom. The van der Waals surface area contributed by atoms with Crippen molar-refractivity contribution in [1.29, 1.82) is 0 Å². The highest BCUT2D eigenvalue weighted by Crippen LogP contribution is 2.19. The van der Waals surface area contributed by atoms with Gasteiger partial charge in [0, 0.05) is 30.3 Å². The molecule has 0 spiro atoms. The second-order valence-corrected chi connectivity index (χ2v) is 7.91. The number of nitro benzene ring substituents is 1. The van der Waals surface area contributed by atoms with Crippen molar-refractivity contribution in [3.63, 3.8) is 0 Å². The lowest BCUT2D eigenvalue weighted by molar-refractivity contribution is -0.384. The molecule has 3 heterocycles. The van der Waals surface area contributed by atoms with E-state index >= 15 is 0 Å². The minimum absolute atomic E-state index is 0.0497. The van der Waals surface area contributed by atoms with Crippen LogP contribution in [0.15, 0.2) is 82.5 Å². The second-order valence-electron chi connectivity index (χ2n) is 7.91. The van der Waals surface area contributed by atoms with E-state index in [9.17, 15) is 19.7 Å². The van der Waals surface area contributed by atoms with Crippen molar-refractivity contribution >= 4 is 22.6 Å². The van der Waals surface area contributed by atoms with E-state index in [-0.39, 0.29) is 36.6 Å². The van der Waals surface area contributed by atoms with Crippen molar-refractivity contribution in [2.45, 2.75) is 13.1 Å². The summed E-state index contributed by atoms with van der Waals surface area (Å²) in [5.41, 5.74) is 1.57. The zero-order valence-corrected chi connectivity index (χ0v) is 18.8. The largest absolute Gasteiger partial charge is 0.355 e. The van der Waals surface area contributed by atoms with Crippen molar-refractivity contribution in [3.05, 3.63) is 105 Å². The first-order valence-corrected chi connectivity index (χ1v) is 10.9. The monoisotopic (exact) mass is 485 g/mol. The number of nitrogens with zero attached hydrogens (tertiary/aromatic N) is 6. The maximum Gasteiger partial charge on any atom is 0.273 e. The number of non-ortho nitro benzene ring substituents is 1. The Morgan fingerprint density at radius 1 is 1.11 bits per heavy atom. The molecular weight excluding hydrogens is 466 g/mol. The Bertz CT molecular complexity index is 1620. The molecule has 3 aromatic heterocycles. The topological polar surface area (TPSA) is 151 Å². The van der Waals surface area contributed by atoms with Gasteiger partial charge in [0.1, 0.15) is 11.7 Å². The van der Waals surface area contributed by atoms with Crippen LogP contribution in [0.1, 0.15) is 16.1 Å². The Morgan fingerprint density at radius 3 is 2.75 bits per heavy atom. The van der Waals surface area contributed by atoms with Gasteiger partial charge in [-0.2, -0.15) is 5.10 Å². The van der Waals surface area contributed by atoms with Gasteiger partial charge < -0.3 is 9.84 Å². The summed E-state index contributed by atoms with van der Waals surface area (Å²) in [4.78, 5) is 40.2. The maximum atomic E-state index is 12.9. The lowest BCUT2D eigenvalue weighted by atomic mass is 10.1. The molecule has 0 saturated carbocycles. The molecule has 0 fully saturated rings. The number of benzene rings is 2. The lowest BCUT2D eigenvalue weighted by Gasteiger charge is -2.07. The first-order chi connectivity index (χ1) is 17.5. The van der Waals surface area contributed by atoms with Crippen LogP contribution in [0.3, 0.4) is 0 Å². The highest BCUT2D eigenvalue weighted by Gasteiger charge is 2.15. The van der Waals surface area contributed by atoms with Crippen molar-refractivity contribution in [1.82, 2.24) is 29.8 Å². The normalized spacial score (nSPS) is 11.0. The number of hydrogen-bond donors (Lipinski definition) is 1. The number of nitrogens with one attached hydrogen (secondary N) is 1. The number of fused-ring (bicyclic) bond motifs is 1.